The standard InChI is InChI=1S/C18H20N6O2S/c1-11-23-24-18(27-11)8-20-16-6-17(22-10-21-16)26-9-12-5-14(12)15-4-3-13(25-2)7-19-15/h3-4,6-7,10,12,14H,5,8-9H2,1-2H3,(H,20,21,22)/t12-,14+/m1/s1. The minimum atomic E-state index is 0.441. The number of pyridine rings is 1. The molecule has 1 saturated carbocycles. The molecule has 3 heterocycles. The summed E-state index contributed by atoms with van der Waals surface area (Å²) in [5.41, 5.74) is 1.08. The van der Waals surface area contributed by atoms with Crippen LogP contribution in [-0.2, 0) is 6.54 Å². The highest BCUT2D eigenvalue weighted by atomic mass is 32.1. The first-order valence-electron chi connectivity index (χ1n) is 8.69. The van der Waals surface area contributed by atoms with Crippen molar-refractivity contribution in [2.75, 3.05) is 19.0 Å². The second-order valence-electron chi connectivity index (χ2n) is 6.35. The van der Waals surface area contributed by atoms with Crippen molar-refractivity contribution in [2.24, 2.45) is 5.92 Å². The van der Waals surface area contributed by atoms with Gasteiger partial charge in [-0.15, -0.1) is 10.2 Å². The van der Waals surface area contributed by atoms with E-state index in [9.17, 15) is 0 Å². The number of methoxy groups -OCH3 is 1. The maximum Gasteiger partial charge on any atom is 0.218 e. The second kappa shape index (κ2) is 7.83. The lowest BCUT2D eigenvalue weighted by Gasteiger charge is -2.07. The summed E-state index contributed by atoms with van der Waals surface area (Å²) in [5.74, 6) is 2.95. The predicted octanol–water partition coefficient (Wildman–Crippen LogP) is 2.83. The lowest BCUT2D eigenvalue weighted by Crippen LogP contribution is -2.05. The van der Waals surface area contributed by atoms with Crippen LogP contribution in [0.3, 0.4) is 0 Å². The van der Waals surface area contributed by atoms with Gasteiger partial charge in [0.05, 0.1) is 26.5 Å². The molecule has 0 spiro atoms. The van der Waals surface area contributed by atoms with E-state index < -0.39 is 0 Å². The molecule has 4 rings (SSSR count). The molecule has 27 heavy (non-hydrogen) atoms. The summed E-state index contributed by atoms with van der Waals surface area (Å²) in [4.78, 5) is 12.9. The fourth-order valence-corrected chi connectivity index (χ4v) is 3.46. The molecule has 0 saturated heterocycles. The summed E-state index contributed by atoms with van der Waals surface area (Å²) in [6.07, 6.45) is 4.33. The molecule has 1 aliphatic rings. The molecule has 8 nitrogen and oxygen atoms in total. The van der Waals surface area contributed by atoms with Crippen molar-refractivity contribution >= 4 is 17.2 Å². The maximum atomic E-state index is 5.85. The summed E-state index contributed by atoms with van der Waals surface area (Å²) >= 11 is 1.56. The number of hydrogen-bond donors (Lipinski definition) is 1. The Morgan fingerprint density at radius 1 is 1.22 bits per heavy atom. The van der Waals surface area contributed by atoms with Crippen molar-refractivity contribution < 1.29 is 9.47 Å². The van der Waals surface area contributed by atoms with Crippen molar-refractivity contribution in [3.63, 3.8) is 0 Å². The van der Waals surface area contributed by atoms with Gasteiger partial charge in [0.1, 0.15) is 27.9 Å². The zero-order chi connectivity index (χ0) is 18.6. The Bertz CT molecular complexity index is 901. The smallest absolute Gasteiger partial charge is 0.218 e. The SMILES string of the molecule is COc1ccc([C@H]2C[C@@H]2COc2cc(NCc3nnc(C)s3)ncn2)nc1. The molecule has 140 valence electrons. The normalized spacial score (nSPS) is 18.1. The number of nitrogens with zero attached hydrogens (tertiary/aromatic N) is 5. The van der Waals surface area contributed by atoms with Crippen LogP contribution in [0.5, 0.6) is 11.6 Å². The van der Waals surface area contributed by atoms with Crippen LogP contribution in [0.1, 0.15) is 28.0 Å². The predicted molar refractivity (Wildman–Crippen MR) is 101 cm³/mol. The molecule has 0 unspecified atom stereocenters. The van der Waals surface area contributed by atoms with Gasteiger partial charge in [-0.2, -0.15) is 0 Å². The van der Waals surface area contributed by atoms with E-state index in [4.69, 9.17) is 9.47 Å². The van der Waals surface area contributed by atoms with Crippen molar-refractivity contribution in [1.29, 1.82) is 0 Å². The van der Waals surface area contributed by atoms with E-state index in [1.807, 2.05) is 19.1 Å². The van der Waals surface area contributed by atoms with E-state index in [1.54, 1.807) is 30.7 Å². The molecule has 1 N–H and O–H groups in total. The van der Waals surface area contributed by atoms with Gasteiger partial charge in [0.15, 0.2) is 0 Å². The summed E-state index contributed by atoms with van der Waals surface area (Å²) in [7, 11) is 1.64. The van der Waals surface area contributed by atoms with Gasteiger partial charge in [-0.1, -0.05) is 11.3 Å². The Hall–Kier alpha value is -2.81. The second-order valence-corrected chi connectivity index (χ2v) is 7.61. The molecule has 0 bridgehead atoms. The summed E-state index contributed by atoms with van der Waals surface area (Å²) in [6.45, 7) is 3.13. The van der Waals surface area contributed by atoms with E-state index >= 15 is 0 Å². The number of aromatic nitrogens is 5. The largest absolute Gasteiger partial charge is 0.495 e. The van der Waals surface area contributed by atoms with Gasteiger partial charge >= 0.3 is 0 Å². The Morgan fingerprint density at radius 3 is 2.89 bits per heavy atom. The highest BCUT2D eigenvalue weighted by molar-refractivity contribution is 7.11. The molecular formula is C18H20N6O2S. The van der Waals surface area contributed by atoms with E-state index in [0.29, 0.717) is 36.7 Å². The minimum Gasteiger partial charge on any atom is -0.495 e. The summed E-state index contributed by atoms with van der Waals surface area (Å²) in [6, 6.07) is 5.77. The molecule has 0 radical (unpaired) electrons. The first kappa shape index (κ1) is 17.6. The van der Waals surface area contributed by atoms with Gasteiger partial charge in [-0.05, 0) is 25.5 Å². The number of rotatable bonds is 8. The summed E-state index contributed by atoms with van der Waals surface area (Å²) in [5, 5.41) is 13.2. The molecular weight excluding hydrogens is 364 g/mol. The van der Waals surface area contributed by atoms with Crippen LogP contribution in [0.2, 0.25) is 0 Å². The average molecular weight is 384 g/mol. The first-order valence-corrected chi connectivity index (χ1v) is 9.50. The minimum absolute atomic E-state index is 0.441. The molecule has 3 aromatic rings. The molecule has 2 atom stereocenters. The van der Waals surface area contributed by atoms with Crippen molar-refractivity contribution in [2.45, 2.75) is 25.8 Å². The maximum absolute atomic E-state index is 5.85. The lowest BCUT2D eigenvalue weighted by atomic mass is 10.2. The third kappa shape index (κ3) is 4.48. The van der Waals surface area contributed by atoms with E-state index in [2.05, 4.69) is 30.5 Å². The van der Waals surface area contributed by atoms with Crippen molar-refractivity contribution in [3.8, 4) is 11.6 Å². The third-order valence-electron chi connectivity index (χ3n) is 4.37. The van der Waals surface area contributed by atoms with Gasteiger partial charge in [-0.25, -0.2) is 9.97 Å². The van der Waals surface area contributed by atoms with Crippen LogP contribution in [0.15, 0.2) is 30.7 Å². The number of nitrogens with one attached hydrogen (secondary N) is 1. The fourth-order valence-electron chi connectivity index (χ4n) is 2.81. The highest BCUT2D eigenvalue weighted by Gasteiger charge is 2.40. The lowest BCUT2D eigenvalue weighted by molar-refractivity contribution is 0.285. The Labute approximate surface area is 161 Å². The Morgan fingerprint density at radius 2 is 2.15 bits per heavy atom. The van der Waals surface area contributed by atoms with Crippen molar-refractivity contribution in [1.82, 2.24) is 25.1 Å². The number of anilines is 1. The zero-order valence-electron chi connectivity index (χ0n) is 15.1. The molecule has 0 amide bonds. The molecule has 1 aliphatic carbocycles. The molecule has 9 heteroatoms. The average Bonchev–Trinajstić information content (AvgIpc) is 3.37. The van der Waals surface area contributed by atoms with E-state index in [-0.39, 0.29) is 0 Å². The van der Waals surface area contributed by atoms with Crippen LogP contribution in [-0.4, -0.2) is 38.9 Å². The van der Waals surface area contributed by atoms with Gasteiger partial charge in [0.2, 0.25) is 5.88 Å². The van der Waals surface area contributed by atoms with Gasteiger partial charge in [0, 0.05) is 23.6 Å². The fraction of sp³-hybridized carbons (Fsp3) is 0.389. The summed E-state index contributed by atoms with van der Waals surface area (Å²) < 4.78 is 11.0. The molecule has 0 aromatic carbocycles. The van der Waals surface area contributed by atoms with Crippen molar-refractivity contribution in [3.05, 3.63) is 46.4 Å². The number of ether oxygens (including phenoxy) is 2. The number of hydrogen-bond acceptors (Lipinski definition) is 9. The van der Waals surface area contributed by atoms with Crippen LogP contribution >= 0.6 is 11.3 Å². The van der Waals surface area contributed by atoms with Gasteiger partial charge < -0.3 is 14.8 Å². The van der Waals surface area contributed by atoms with Crippen LogP contribution < -0.4 is 14.8 Å². The third-order valence-corrected chi connectivity index (χ3v) is 5.21. The molecule has 1 fully saturated rings. The topological polar surface area (TPSA) is 94.9 Å². The van der Waals surface area contributed by atoms with Crippen LogP contribution in [0.4, 0.5) is 5.82 Å². The van der Waals surface area contributed by atoms with E-state index in [0.717, 1.165) is 27.9 Å². The quantitative estimate of drug-likeness (QED) is 0.633. The first-order chi connectivity index (χ1) is 13.2. The molecule has 0 aliphatic heterocycles. The van der Waals surface area contributed by atoms with E-state index in [1.165, 1.54) is 6.33 Å². The zero-order valence-corrected chi connectivity index (χ0v) is 15.9. The van der Waals surface area contributed by atoms with Crippen LogP contribution in [0.25, 0.3) is 0 Å². The Kier molecular flexibility index (Phi) is 5.10. The molecule has 3 aromatic heterocycles. The van der Waals surface area contributed by atoms with Gasteiger partial charge in [0.25, 0.3) is 0 Å². The van der Waals surface area contributed by atoms with Gasteiger partial charge in [-0.3, -0.25) is 4.98 Å². The monoisotopic (exact) mass is 384 g/mol. The number of aryl methyl sites for hydroxylation is 1. The van der Waals surface area contributed by atoms with Crippen LogP contribution in [0, 0.1) is 12.8 Å². The highest BCUT2D eigenvalue weighted by Crippen LogP contribution is 2.46. The Balaban J connectivity index is 1.27.